The fourth-order valence-electron chi connectivity index (χ4n) is 1.68. The molecule has 6 heteroatoms. The van der Waals surface area contributed by atoms with Gasteiger partial charge in [-0.05, 0) is 26.4 Å². The monoisotopic (exact) mass is 222 g/mol. The zero-order chi connectivity index (χ0) is 11.5. The van der Waals surface area contributed by atoms with Gasteiger partial charge in [-0.3, -0.25) is 0 Å². The molecule has 0 aromatic carbocycles. The van der Waals surface area contributed by atoms with E-state index in [1.807, 2.05) is 0 Å². The van der Waals surface area contributed by atoms with E-state index in [9.17, 15) is 12.9 Å². The SMILES string of the molecule is C=C(CN(C)C1CCOCC1)[B-](F)(F)F. The fourth-order valence-corrected chi connectivity index (χ4v) is 1.68. The molecule has 88 valence electrons. The van der Waals surface area contributed by atoms with Gasteiger partial charge in [0.2, 0.25) is 0 Å². The molecule has 0 radical (unpaired) electrons. The van der Waals surface area contributed by atoms with Crippen LogP contribution in [0, 0.1) is 0 Å². The average Bonchev–Trinajstić information content (AvgIpc) is 2.17. The van der Waals surface area contributed by atoms with Crippen molar-refractivity contribution in [1.29, 1.82) is 0 Å². The molecule has 1 saturated heterocycles. The van der Waals surface area contributed by atoms with Gasteiger partial charge in [0.1, 0.15) is 0 Å². The maximum Gasteiger partial charge on any atom is 0.506 e. The lowest BCUT2D eigenvalue weighted by Gasteiger charge is -2.33. The Hall–Kier alpha value is -0.485. The summed E-state index contributed by atoms with van der Waals surface area (Å²) in [5.41, 5.74) is -0.621. The van der Waals surface area contributed by atoms with Crippen LogP contribution in [-0.4, -0.2) is 44.7 Å². The highest BCUT2D eigenvalue weighted by molar-refractivity contribution is 6.66. The first-order valence-electron chi connectivity index (χ1n) is 5.07. The summed E-state index contributed by atoms with van der Waals surface area (Å²) in [6, 6.07) is 0.189. The molecule has 15 heavy (non-hydrogen) atoms. The summed E-state index contributed by atoms with van der Waals surface area (Å²) in [7, 11) is 1.71. The number of hydrogen-bond acceptors (Lipinski definition) is 2. The predicted octanol–water partition coefficient (Wildman–Crippen LogP) is 2.04. The molecule has 1 aliphatic rings. The van der Waals surface area contributed by atoms with E-state index in [1.54, 1.807) is 11.9 Å². The Bertz CT molecular complexity index is 226. The number of ether oxygens (including phenoxy) is 1. The normalized spacial score (nSPS) is 19.5. The first-order valence-corrected chi connectivity index (χ1v) is 5.07. The van der Waals surface area contributed by atoms with Gasteiger partial charge < -0.3 is 22.6 Å². The van der Waals surface area contributed by atoms with Gasteiger partial charge in [0.25, 0.3) is 0 Å². The second-order valence-corrected chi connectivity index (χ2v) is 3.99. The molecule has 0 unspecified atom stereocenters. The lowest BCUT2D eigenvalue weighted by atomic mass is 9.80. The fraction of sp³-hybridized carbons (Fsp3) is 0.778. The molecule has 0 spiro atoms. The summed E-state index contributed by atoms with van der Waals surface area (Å²) in [6.07, 6.45) is 1.60. The number of rotatable bonds is 4. The molecule has 1 fully saturated rings. The van der Waals surface area contributed by atoms with Crippen LogP contribution in [0.3, 0.4) is 0 Å². The van der Waals surface area contributed by atoms with Gasteiger partial charge in [-0.1, -0.05) is 0 Å². The van der Waals surface area contributed by atoms with E-state index < -0.39 is 12.4 Å². The topological polar surface area (TPSA) is 12.5 Å². The van der Waals surface area contributed by atoms with Crippen LogP contribution in [0.15, 0.2) is 12.1 Å². The Morgan fingerprint density at radius 3 is 2.40 bits per heavy atom. The predicted molar refractivity (Wildman–Crippen MR) is 54.7 cm³/mol. The van der Waals surface area contributed by atoms with Crippen molar-refractivity contribution in [2.45, 2.75) is 18.9 Å². The second-order valence-electron chi connectivity index (χ2n) is 3.99. The van der Waals surface area contributed by atoms with Gasteiger partial charge in [0, 0.05) is 19.3 Å². The highest BCUT2D eigenvalue weighted by Crippen LogP contribution is 2.21. The van der Waals surface area contributed by atoms with E-state index in [0.717, 1.165) is 12.8 Å². The maximum absolute atomic E-state index is 12.3. The molecule has 0 aliphatic carbocycles. The van der Waals surface area contributed by atoms with Crippen LogP contribution in [0.4, 0.5) is 12.9 Å². The van der Waals surface area contributed by atoms with E-state index in [-0.39, 0.29) is 12.6 Å². The molecule has 0 bridgehead atoms. The maximum atomic E-state index is 12.3. The van der Waals surface area contributed by atoms with Gasteiger partial charge in [-0.2, -0.15) is 0 Å². The van der Waals surface area contributed by atoms with Crippen LogP contribution >= 0.6 is 0 Å². The minimum absolute atomic E-state index is 0.0891. The molecule has 0 N–H and O–H groups in total. The number of likely N-dealkylation sites (N-methyl/N-ethyl adjacent to an activating group) is 1. The Morgan fingerprint density at radius 1 is 1.40 bits per heavy atom. The van der Waals surface area contributed by atoms with Gasteiger partial charge in [-0.25, -0.2) is 0 Å². The number of nitrogens with zero attached hydrogens (tertiary/aromatic N) is 1. The summed E-state index contributed by atoms with van der Waals surface area (Å²) in [5, 5.41) is 0. The van der Waals surface area contributed by atoms with Crippen LogP contribution in [0.5, 0.6) is 0 Å². The van der Waals surface area contributed by atoms with E-state index >= 15 is 0 Å². The van der Waals surface area contributed by atoms with Crippen molar-refractivity contribution in [3.05, 3.63) is 12.1 Å². The van der Waals surface area contributed by atoms with Gasteiger partial charge in [-0.15, -0.1) is 12.1 Å². The number of halogens is 3. The minimum Gasteiger partial charge on any atom is -0.445 e. The Morgan fingerprint density at radius 2 is 1.93 bits per heavy atom. The molecular weight excluding hydrogens is 206 g/mol. The van der Waals surface area contributed by atoms with E-state index in [4.69, 9.17) is 4.74 Å². The van der Waals surface area contributed by atoms with Crippen LogP contribution in [0.25, 0.3) is 0 Å². The van der Waals surface area contributed by atoms with Crippen LogP contribution in [-0.2, 0) is 4.74 Å². The quantitative estimate of drug-likeness (QED) is 0.675. The second kappa shape index (κ2) is 5.03. The van der Waals surface area contributed by atoms with Crippen molar-refractivity contribution in [2.24, 2.45) is 0 Å². The Kier molecular flexibility index (Phi) is 4.22. The van der Waals surface area contributed by atoms with Gasteiger partial charge in [0.05, 0.1) is 0 Å². The lowest BCUT2D eigenvalue weighted by molar-refractivity contribution is 0.0460. The summed E-state index contributed by atoms with van der Waals surface area (Å²) in [4.78, 5) is 1.72. The molecule has 1 heterocycles. The molecule has 1 rings (SSSR count). The molecule has 1 aliphatic heterocycles. The van der Waals surface area contributed by atoms with E-state index in [0.29, 0.717) is 13.2 Å². The van der Waals surface area contributed by atoms with Crippen molar-refractivity contribution in [1.82, 2.24) is 4.90 Å². The third kappa shape index (κ3) is 3.87. The van der Waals surface area contributed by atoms with Crippen LogP contribution in [0.1, 0.15) is 12.8 Å². The standard InChI is InChI=1S/C9H16BF3NO/c1-8(10(11,12)13)7-14(2)9-3-5-15-6-4-9/h9H,1,3-7H2,2H3/q-1. The Labute approximate surface area is 88.1 Å². The van der Waals surface area contributed by atoms with Crippen LogP contribution < -0.4 is 0 Å². The molecule has 2 nitrogen and oxygen atoms in total. The van der Waals surface area contributed by atoms with Crippen molar-refractivity contribution in [2.75, 3.05) is 26.8 Å². The molecule has 0 saturated carbocycles. The van der Waals surface area contributed by atoms with E-state index in [2.05, 4.69) is 6.58 Å². The molecule has 0 amide bonds. The number of hydrogen-bond donors (Lipinski definition) is 0. The summed E-state index contributed by atoms with van der Waals surface area (Å²) >= 11 is 0. The van der Waals surface area contributed by atoms with Gasteiger partial charge in [0.15, 0.2) is 0 Å². The molecule has 0 aromatic rings. The average molecular weight is 222 g/mol. The molecular formula is C9H16BF3NO-. The molecule has 0 aromatic heterocycles. The van der Waals surface area contributed by atoms with E-state index in [1.165, 1.54) is 0 Å². The van der Waals surface area contributed by atoms with Crippen LogP contribution in [0.2, 0.25) is 0 Å². The largest absolute Gasteiger partial charge is 0.506 e. The molecule has 0 atom stereocenters. The zero-order valence-corrected chi connectivity index (χ0v) is 8.89. The smallest absolute Gasteiger partial charge is 0.445 e. The Balaban J connectivity index is 2.40. The highest BCUT2D eigenvalue weighted by Gasteiger charge is 2.29. The minimum atomic E-state index is -4.90. The van der Waals surface area contributed by atoms with Gasteiger partial charge >= 0.3 is 6.98 Å². The third-order valence-corrected chi connectivity index (χ3v) is 2.73. The van der Waals surface area contributed by atoms with Crippen molar-refractivity contribution >= 4 is 6.98 Å². The first kappa shape index (κ1) is 12.6. The lowest BCUT2D eigenvalue weighted by Crippen LogP contribution is -2.40. The van der Waals surface area contributed by atoms with Crippen molar-refractivity contribution in [3.8, 4) is 0 Å². The third-order valence-electron chi connectivity index (χ3n) is 2.73. The summed E-state index contributed by atoms with van der Waals surface area (Å²) in [5.74, 6) is 0. The summed E-state index contributed by atoms with van der Waals surface area (Å²) in [6.45, 7) is -0.621. The first-order chi connectivity index (χ1) is 6.91. The van der Waals surface area contributed by atoms with Crippen molar-refractivity contribution < 1.29 is 17.7 Å². The zero-order valence-electron chi connectivity index (χ0n) is 8.89. The highest BCUT2D eigenvalue weighted by atomic mass is 19.4. The van der Waals surface area contributed by atoms with Crippen molar-refractivity contribution in [3.63, 3.8) is 0 Å². The summed E-state index contributed by atoms with van der Waals surface area (Å²) < 4.78 is 42.0.